The predicted octanol–water partition coefficient (Wildman–Crippen LogP) is 1.70. The van der Waals surface area contributed by atoms with E-state index in [0.717, 1.165) is 0 Å². The van der Waals surface area contributed by atoms with Crippen molar-refractivity contribution in [2.24, 2.45) is 5.92 Å². The van der Waals surface area contributed by atoms with E-state index in [1.54, 1.807) is 44.4 Å². The summed E-state index contributed by atoms with van der Waals surface area (Å²) in [4.78, 5) is 40.3. The quantitative estimate of drug-likeness (QED) is 0.842. The molecule has 0 bridgehead atoms. The van der Waals surface area contributed by atoms with Crippen LogP contribution < -0.4 is 0 Å². The van der Waals surface area contributed by atoms with Crippen LogP contribution in [0.1, 0.15) is 34.6 Å². The van der Waals surface area contributed by atoms with E-state index >= 15 is 0 Å². The van der Waals surface area contributed by atoms with Crippen molar-refractivity contribution in [2.45, 2.75) is 46.3 Å². The van der Waals surface area contributed by atoms with Crippen molar-refractivity contribution in [1.29, 1.82) is 0 Å². The fraction of sp³-hybridized carbons (Fsp3) is 0.812. The van der Waals surface area contributed by atoms with Crippen LogP contribution in [0, 0.1) is 5.92 Å². The lowest BCUT2D eigenvalue weighted by Gasteiger charge is -2.38. The van der Waals surface area contributed by atoms with E-state index in [1.165, 1.54) is 11.9 Å². The van der Waals surface area contributed by atoms with Crippen LogP contribution in [0.2, 0.25) is 0 Å². The van der Waals surface area contributed by atoms with Crippen LogP contribution in [-0.4, -0.2) is 82.8 Å². The Kier molecular flexibility index (Phi) is 6.45. The molecule has 8 nitrogen and oxygen atoms in total. The molecule has 1 rings (SSSR count). The summed E-state index contributed by atoms with van der Waals surface area (Å²) in [5.41, 5.74) is -0.559. The third kappa shape index (κ3) is 5.28. The highest BCUT2D eigenvalue weighted by Crippen LogP contribution is 2.15. The van der Waals surface area contributed by atoms with Gasteiger partial charge >= 0.3 is 18.1 Å². The molecule has 0 aliphatic carbocycles. The van der Waals surface area contributed by atoms with Crippen molar-refractivity contribution < 1.29 is 24.2 Å². The molecule has 1 fully saturated rings. The molecule has 8 heteroatoms. The largest absolute Gasteiger partial charge is 0.480 e. The van der Waals surface area contributed by atoms with Crippen molar-refractivity contribution in [2.75, 3.05) is 33.2 Å². The summed E-state index contributed by atoms with van der Waals surface area (Å²) in [6, 6.07) is -1.21. The average molecular weight is 343 g/mol. The second-order valence-electron chi connectivity index (χ2n) is 7.38. The van der Waals surface area contributed by atoms with Gasteiger partial charge in [-0.25, -0.2) is 14.4 Å². The van der Waals surface area contributed by atoms with Gasteiger partial charge in [0.2, 0.25) is 0 Å². The van der Waals surface area contributed by atoms with E-state index in [4.69, 9.17) is 4.74 Å². The third-order valence-electron chi connectivity index (χ3n) is 3.81. The van der Waals surface area contributed by atoms with Gasteiger partial charge in [0, 0.05) is 33.2 Å². The Morgan fingerprint density at radius 2 is 1.50 bits per heavy atom. The van der Waals surface area contributed by atoms with Crippen LogP contribution >= 0.6 is 0 Å². The third-order valence-corrected chi connectivity index (χ3v) is 3.81. The molecule has 0 aromatic carbocycles. The number of urea groups is 1. The number of amides is 3. The fourth-order valence-corrected chi connectivity index (χ4v) is 2.65. The summed E-state index contributed by atoms with van der Waals surface area (Å²) < 4.78 is 5.32. The van der Waals surface area contributed by atoms with E-state index in [2.05, 4.69) is 0 Å². The first-order chi connectivity index (χ1) is 10.9. The lowest BCUT2D eigenvalue weighted by Crippen LogP contribution is -2.57. The maximum absolute atomic E-state index is 12.5. The summed E-state index contributed by atoms with van der Waals surface area (Å²) >= 11 is 0. The molecule has 0 aromatic heterocycles. The Labute approximate surface area is 143 Å². The van der Waals surface area contributed by atoms with E-state index in [0.29, 0.717) is 26.2 Å². The van der Waals surface area contributed by atoms with E-state index in [9.17, 15) is 19.5 Å². The number of carbonyl (C=O) groups excluding carboxylic acids is 2. The number of carboxylic acid groups (broad SMARTS) is 1. The minimum absolute atomic E-state index is 0.195. The monoisotopic (exact) mass is 343 g/mol. The van der Waals surface area contributed by atoms with Crippen molar-refractivity contribution in [3.63, 3.8) is 0 Å². The average Bonchev–Trinajstić information content (AvgIpc) is 2.44. The Morgan fingerprint density at radius 3 is 1.88 bits per heavy atom. The zero-order valence-electron chi connectivity index (χ0n) is 15.4. The van der Waals surface area contributed by atoms with Gasteiger partial charge in [0.1, 0.15) is 11.6 Å². The normalized spacial score (nSPS) is 16.8. The maximum Gasteiger partial charge on any atom is 0.410 e. The molecule has 1 heterocycles. The number of rotatable bonds is 3. The first-order valence-corrected chi connectivity index (χ1v) is 8.16. The molecule has 1 aliphatic rings. The topological polar surface area (TPSA) is 90.4 Å². The first kappa shape index (κ1) is 20.1. The number of likely N-dealkylation sites (N-methyl/N-ethyl adjacent to an activating group) is 1. The van der Waals surface area contributed by atoms with Crippen LogP contribution in [0.15, 0.2) is 0 Å². The molecule has 0 aromatic rings. The molecular weight excluding hydrogens is 314 g/mol. The van der Waals surface area contributed by atoms with Crippen LogP contribution in [0.3, 0.4) is 0 Å². The highest BCUT2D eigenvalue weighted by Gasteiger charge is 2.34. The van der Waals surface area contributed by atoms with Gasteiger partial charge in [0.15, 0.2) is 0 Å². The summed E-state index contributed by atoms with van der Waals surface area (Å²) in [5.74, 6) is -1.22. The number of hydrogen-bond acceptors (Lipinski definition) is 4. The second kappa shape index (κ2) is 7.72. The number of ether oxygens (including phenoxy) is 1. The molecule has 1 saturated heterocycles. The first-order valence-electron chi connectivity index (χ1n) is 8.16. The second-order valence-corrected chi connectivity index (χ2v) is 7.38. The lowest BCUT2D eigenvalue weighted by atomic mass is 10.0. The van der Waals surface area contributed by atoms with E-state index < -0.39 is 23.7 Å². The highest BCUT2D eigenvalue weighted by molar-refractivity contribution is 5.83. The molecule has 138 valence electrons. The lowest BCUT2D eigenvalue weighted by molar-refractivity contribution is -0.143. The molecule has 0 radical (unpaired) electrons. The molecule has 1 unspecified atom stereocenters. The van der Waals surface area contributed by atoms with Gasteiger partial charge < -0.3 is 24.5 Å². The minimum Gasteiger partial charge on any atom is -0.480 e. The van der Waals surface area contributed by atoms with Gasteiger partial charge in [0.05, 0.1) is 0 Å². The van der Waals surface area contributed by atoms with Crippen molar-refractivity contribution in [1.82, 2.24) is 14.7 Å². The predicted molar refractivity (Wildman–Crippen MR) is 88.8 cm³/mol. The summed E-state index contributed by atoms with van der Waals surface area (Å²) in [5, 5.41) is 9.30. The number of nitrogens with zero attached hydrogens (tertiary/aromatic N) is 3. The van der Waals surface area contributed by atoms with Gasteiger partial charge in [-0.15, -0.1) is 0 Å². The Bertz CT molecular complexity index is 479. The fourth-order valence-electron chi connectivity index (χ4n) is 2.65. The summed E-state index contributed by atoms with van der Waals surface area (Å²) in [7, 11) is 1.50. The van der Waals surface area contributed by atoms with Crippen LogP contribution in [0.25, 0.3) is 0 Å². The zero-order valence-corrected chi connectivity index (χ0v) is 15.4. The Balaban J connectivity index is 2.62. The van der Waals surface area contributed by atoms with Crippen molar-refractivity contribution in [3.8, 4) is 0 Å². The molecule has 1 aliphatic heterocycles. The van der Waals surface area contributed by atoms with Crippen molar-refractivity contribution >= 4 is 18.1 Å². The standard InChI is InChI=1S/C16H29N3O5/c1-11(2)12(13(20)21)17(6)14(22)18-7-9-19(10-8-18)15(23)24-16(3,4)5/h11-12H,7-10H2,1-6H3,(H,20,21). The Hall–Kier alpha value is -1.99. The van der Waals surface area contributed by atoms with E-state index in [-0.39, 0.29) is 11.9 Å². The zero-order chi connectivity index (χ0) is 18.7. The minimum atomic E-state index is -1.02. The summed E-state index contributed by atoms with van der Waals surface area (Å²) in [6.45, 7) is 10.4. The molecule has 24 heavy (non-hydrogen) atoms. The van der Waals surface area contributed by atoms with Crippen molar-refractivity contribution in [3.05, 3.63) is 0 Å². The number of hydrogen-bond donors (Lipinski definition) is 1. The molecule has 3 amide bonds. The van der Waals surface area contributed by atoms with E-state index in [1.807, 2.05) is 0 Å². The van der Waals surface area contributed by atoms with Gasteiger partial charge in [-0.05, 0) is 26.7 Å². The number of aliphatic carboxylic acids is 1. The van der Waals surface area contributed by atoms with Crippen LogP contribution in [-0.2, 0) is 9.53 Å². The highest BCUT2D eigenvalue weighted by atomic mass is 16.6. The van der Waals surface area contributed by atoms with Gasteiger partial charge in [-0.3, -0.25) is 0 Å². The molecule has 1 atom stereocenters. The van der Waals surface area contributed by atoms with Gasteiger partial charge in [0.25, 0.3) is 0 Å². The van der Waals surface area contributed by atoms with Gasteiger partial charge in [-0.1, -0.05) is 13.8 Å². The number of carboxylic acids is 1. The molecule has 0 spiro atoms. The molecule has 0 saturated carbocycles. The molecular formula is C16H29N3O5. The SMILES string of the molecule is CC(C)C(C(=O)O)N(C)C(=O)N1CCN(C(=O)OC(C)(C)C)CC1. The number of carbonyl (C=O) groups is 3. The van der Waals surface area contributed by atoms with Gasteiger partial charge in [-0.2, -0.15) is 0 Å². The smallest absolute Gasteiger partial charge is 0.410 e. The van der Waals surface area contributed by atoms with Crippen LogP contribution in [0.5, 0.6) is 0 Å². The maximum atomic E-state index is 12.5. The molecule has 1 N–H and O–H groups in total. The Morgan fingerprint density at radius 1 is 1.04 bits per heavy atom. The number of piperazine rings is 1. The van der Waals surface area contributed by atoms with Crippen LogP contribution in [0.4, 0.5) is 9.59 Å². The summed E-state index contributed by atoms with van der Waals surface area (Å²) in [6.07, 6.45) is -0.395.